The number of aromatic nitrogens is 2. The molecule has 2 rings (SSSR count). The van der Waals surface area contributed by atoms with Gasteiger partial charge in [0.05, 0.1) is 5.54 Å². The Morgan fingerprint density at radius 1 is 1.65 bits per heavy atom. The molecule has 0 saturated heterocycles. The number of primary amides is 1. The lowest BCUT2D eigenvalue weighted by Crippen LogP contribution is -2.55. The molecular weight excluding hydrogens is 256 g/mol. The molecule has 17 heavy (non-hydrogen) atoms. The first kappa shape index (κ1) is 12.8. The minimum absolute atomic E-state index is 0.314. The molecule has 0 radical (unpaired) electrons. The Bertz CT molecular complexity index is 422. The van der Waals surface area contributed by atoms with Crippen LogP contribution in [-0.4, -0.2) is 26.1 Å². The Kier molecular flexibility index (Phi) is 3.70. The first-order valence-corrected chi connectivity index (χ1v) is 7.21. The zero-order valence-corrected chi connectivity index (χ0v) is 11.3. The van der Waals surface area contributed by atoms with Gasteiger partial charge in [-0.25, -0.2) is 4.98 Å². The van der Waals surface area contributed by atoms with Crippen molar-refractivity contribution in [2.75, 3.05) is 0 Å². The van der Waals surface area contributed by atoms with E-state index in [1.807, 2.05) is 6.92 Å². The zero-order valence-electron chi connectivity index (χ0n) is 9.68. The third-order valence-corrected chi connectivity index (χ3v) is 5.15. The van der Waals surface area contributed by atoms with Gasteiger partial charge in [-0.15, -0.1) is 0 Å². The number of thioether (sulfide) groups is 1. The molecule has 0 aliphatic heterocycles. The Morgan fingerprint density at radius 3 is 3.00 bits per heavy atom. The van der Waals surface area contributed by atoms with Crippen molar-refractivity contribution in [1.82, 2.24) is 9.36 Å². The minimum atomic E-state index is -0.838. The smallest absolute Gasteiger partial charge is 0.237 e. The largest absolute Gasteiger partial charge is 0.368 e. The lowest BCUT2D eigenvalue weighted by atomic mass is 9.82. The van der Waals surface area contributed by atoms with Crippen molar-refractivity contribution in [3.05, 3.63) is 5.82 Å². The summed E-state index contributed by atoms with van der Waals surface area (Å²) in [5.41, 5.74) is 10.6. The first-order chi connectivity index (χ1) is 7.99. The summed E-state index contributed by atoms with van der Waals surface area (Å²) in [4.78, 5) is 15.7. The highest BCUT2D eigenvalue weighted by molar-refractivity contribution is 8.01. The molecule has 0 aromatic carbocycles. The predicted molar refractivity (Wildman–Crippen MR) is 68.9 cm³/mol. The van der Waals surface area contributed by atoms with E-state index >= 15 is 0 Å². The normalized spacial score (nSPS) is 29.2. The van der Waals surface area contributed by atoms with Gasteiger partial charge in [-0.3, -0.25) is 4.79 Å². The van der Waals surface area contributed by atoms with Gasteiger partial charge in [-0.2, -0.15) is 4.37 Å². The lowest BCUT2D eigenvalue weighted by molar-refractivity contribution is -0.124. The molecule has 4 N–H and O–H groups in total. The maximum Gasteiger partial charge on any atom is 0.237 e. The van der Waals surface area contributed by atoms with Crippen molar-refractivity contribution in [3.63, 3.8) is 0 Å². The zero-order chi connectivity index (χ0) is 12.5. The number of hydrogen-bond donors (Lipinski definition) is 2. The van der Waals surface area contributed by atoms with Gasteiger partial charge in [-0.05, 0) is 44.1 Å². The van der Waals surface area contributed by atoms with E-state index in [4.69, 9.17) is 11.5 Å². The molecule has 1 aromatic heterocycles. The number of carbonyl (C=O) groups is 1. The maximum atomic E-state index is 11.3. The van der Waals surface area contributed by atoms with Crippen LogP contribution >= 0.6 is 23.3 Å². The van der Waals surface area contributed by atoms with Crippen LogP contribution in [0.2, 0.25) is 0 Å². The molecule has 1 aliphatic carbocycles. The van der Waals surface area contributed by atoms with E-state index in [2.05, 4.69) is 9.36 Å². The van der Waals surface area contributed by atoms with E-state index in [1.165, 1.54) is 11.5 Å². The molecule has 0 bridgehead atoms. The second kappa shape index (κ2) is 4.91. The van der Waals surface area contributed by atoms with Gasteiger partial charge < -0.3 is 11.5 Å². The number of hydrogen-bond acceptors (Lipinski definition) is 6. The van der Waals surface area contributed by atoms with Crippen LogP contribution < -0.4 is 11.5 Å². The average Bonchev–Trinajstić information content (AvgIpc) is 2.64. The number of aryl methyl sites for hydroxylation is 1. The molecule has 94 valence electrons. The fourth-order valence-corrected chi connectivity index (χ4v) is 4.30. The molecule has 2 unspecified atom stereocenters. The third kappa shape index (κ3) is 2.97. The van der Waals surface area contributed by atoms with Gasteiger partial charge in [0.2, 0.25) is 5.91 Å². The number of rotatable bonds is 3. The summed E-state index contributed by atoms with van der Waals surface area (Å²) in [6.07, 6.45) is 3.31. The topological polar surface area (TPSA) is 94.9 Å². The van der Waals surface area contributed by atoms with Gasteiger partial charge >= 0.3 is 0 Å². The van der Waals surface area contributed by atoms with E-state index in [9.17, 15) is 4.79 Å². The number of nitrogens with zero attached hydrogens (tertiary/aromatic N) is 2. The fraction of sp³-hybridized carbons (Fsp3) is 0.700. The Hall–Kier alpha value is -0.660. The highest BCUT2D eigenvalue weighted by atomic mass is 32.2. The van der Waals surface area contributed by atoms with Crippen LogP contribution in [0.1, 0.15) is 31.5 Å². The van der Waals surface area contributed by atoms with Gasteiger partial charge in [0.1, 0.15) is 5.82 Å². The average molecular weight is 272 g/mol. The van der Waals surface area contributed by atoms with Gasteiger partial charge in [0.25, 0.3) is 0 Å². The van der Waals surface area contributed by atoms with Crippen LogP contribution in [-0.2, 0) is 4.79 Å². The standard InChI is InChI=1S/C10H16N4OS2/c1-6-13-9(17-14-6)16-7-3-2-4-10(12,5-7)8(11)15/h7H,2-5,12H2,1H3,(H2,11,15). The quantitative estimate of drug-likeness (QED) is 0.858. The van der Waals surface area contributed by atoms with Crippen molar-refractivity contribution in [1.29, 1.82) is 0 Å². The number of amides is 1. The minimum Gasteiger partial charge on any atom is -0.368 e. The van der Waals surface area contributed by atoms with E-state index in [0.29, 0.717) is 18.1 Å². The van der Waals surface area contributed by atoms with Crippen LogP contribution in [0.3, 0.4) is 0 Å². The molecule has 0 spiro atoms. The molecule has 1 heterocycles. The molecule has 1 aromatic rings. The Balaban J connectivity index is 2.00. The van der Waals surface area contributed by atoms with Gasteiger partial charge in [-0.1, -0.05) is 11.8 Å². The maximum absolute atomic E-state index is 11.3. The molecular formula is C10H16N4OS2. The van der Waals surface area contributed by atoms with Crippen LogP contribution in [0, 0.1) is 6.92 Å². The summed E-state index contributed by atoms with van der Waals surface area (Å²) in [6, 6.07) is 0. The van der Waals surface area contributed by atoms with E-state index < -0.39 is 11.4 Å². The monoisotopic (exact) mass is 272 g/mol. The van der Waals surface area contributed by atoms with Crippen molar-refractivity contribution in [2.24, 2.45) is 11.5 Å². The highest BCUT2D eigenvalue weighted by Gasteiger charge is 2.38. The molecule has 1 fully saturated rings. The van der Waals surface area contributed by atoms with Crippen LogP contribution in [0.4, 0.5) is 0 Å². The summed E-state index contributed by atoms with van der Waals surface area (Å²) in [5, 5.41) is 0.314. The highest BCUT2D eigenvalue weighted by Crippen LogP contribution is 2.37. The number of nitrogens with two attached hydrogens (primary N) is 2. The van der Waals surface area contributed by atoms with Crippen molar-refractivity contribution in [3.8, 4) is 0 Å². The summed E-state index contributed by atoms with van der Waals surface area (Å²) < 4.78 is 5.09. The van der Waals surface area contributed by atoms with Crippen molar-refractivity contribution >= 4 is 29.2 Å². The van der Waals surface area contributed by atoms with E-state index in [0.717, 1.165) is 23.0 Å². The van der Waals surface area contributed by atoms with Crippen molar-refractivity contribution < 1.29 is 4.79 Å². The molecule has 1 saturated carbocycles. The van der Waals surface area contributed by atoms with Crippen molar-refractivity contribution in [2.45, 2.75) is 47.7 Å². The number of carbonyl (C=O) groups excluding carboxylic acids is 1. The molecule has 2 atom stereocenters. The predicted octanol–water partition coefficient (Wildman–Crippen LogP) is 1.06. The molecule has 1 aliphatic rings. The van der Waals surface area contributed by atoms with Crippen LogP contribution in [0.5, 0.6) is 0 Å². The lowest BCUT2D eigenvalue weighted by Gasteiger charge is -2.34. The summed E-state index contributed by atoms with van der Waals surface area (Å²) in [5.74, 6) is 0.401. The van der Waals surface area contributed by atoms with E-state index in [-0.39, 0.29) is 0 Å². The molecule has 5 nitrogen and oxygen atoms in total. The second-order valence-corrected chi connectivity index (χ2v) is 6.76. The van der Waals surface area contributed by atoms with Gasteiger partial charge in [0.15, 0.2) is 4.34 Å². The van der Waals surface area contributed by atoms with E-state index in [1.54, 1.807) is 11.8 Å². The Morgan fingerprint density at radius 2 is 2.41 bits per heavy atom. The third-order valence-electron chi connectivity index (χ3n) is 3.01. The van der Waals surface area contributed by atoms with Crippen LogP contribution in [0.15, 0.2) is 4.34 Å². The SMILES string of the molecule is Cc1nsc(SC2CCCC(N)(C(N)=O)C2)n1. The summed E-state index contributed by atoms with van der Waals surface area (Å²) in [7, 11) is 0. The first-order valence-electron chi connectivity index (χ1n) is 5.55. The second-order valence-electron chi connectivity index (χ2n) is 4.46. The van der Waals surface area contributed by atoms with Gasteiger partial charge in [0, 0.05) is 5.25 Å². The summed E-state index contributed by atoms with van der Waals surface area (Å²) in [6.45, 7) is 1.87. The van der Waals surface area contributed by atoms with Crippen LogP contribution in [0.25, 0.3) is 0 Å². The molecule has 7 heteroatoms. The Labute approximate surface area is 109 Å². The fourth-order valence-electron chi connectivity index (χ4n) is 2.05. The summed E-state index contributed by atoms with van der Waals surface area (Å²) >= 11 is 3.06. The molecule has 1 amide bonds.